The molecule has 0 atom stereocenters. The molecule has 0 spiro atoms. The second-order valence-corrected chi connectivity index (χ2v) is 8.85. The zero-order chi connectivity index (χ0) is 22.1. The Morgan fingerprint density at radius 1 is 1.23 bits per heavy atom. The van der Waals surface area contributed by atoms with Crippen LogP contribution in [-0.2, 0) is 19.4 Å². The number of aryl methyl sites for hydroxylation is 1. The highest BCUT2D eigenvalue weighted by molar-refractivity contribution is 5.94. The van der Waals surface area contributed by atoms with Crippen molar-refractivity contribution >= 4 is 12.0 Å². The Bertz CT molecular complexity index is 1150. The van der Waals surface area contributed by atoms with Gasteiger partial charge in [0.1, 0.15) is 5.69 Å². The predicted molar refractivity (Wildman–Crippen MR) is 122 cm³/mol. The van der Waals surface area contributed by atoms with Crippen molar-refractivity contribution in [2.75, 3.05) is 13.6 Å². The summed E-state index contributed by atoms with van der Waals surface area (Å²) in [5, 5.41) is 7.25. The first-order chi connectivity index (χ1) is 14.9. The van der Waals surface area contributed by atoms with E-state index in [1.165, 1.54) is 11.1 Å². The van der Waals surface area contributed by atoms with E-state index in [0.29, 0.717) is 34.8 Å². The van der Waals surface area contributed by atoms with E-state index in [0.717, 1.165) is 42.6 Å². The summed E-state index contributed by atoms with van der Waals surface area (Å²) in [5.41, 5.74) is 7.26. The van der Waals surface area contributed by atoms with E-state index in [1.807, 2.05) is 19.1 Å². The summed E-state index contributed by atoms with van der Waals surface area (Å²) in [5.74, 6) is 0.870. The molecule has 0 aliphatic carbocycles. The van der Waals surface area contributed by atoms with E-state index in [-0.39, 0.29) is 5.69 Å². The summed E-state index contributed by atoms with van der Waals surface area (Å²) in [4.78, 5) is 25.7. The Morgan fingerprint density at radius 2 is 2.03 bits per heavy atom. The van der Waals surface area contributed by atoms with E-state index in [2.05, 4.69) is 48.3 Å². The number of benzene rings is 2. The highest BCUT2D eigenvalue weighted by Gasteiger charge is 2.24. The summed E-state index contributed by atoms with van der Waals surface area (Å²) < 4.78 is 5.64. The highest BCUT2D eigenvalue weighted by Crippen LogP contribution is 2.41. The first-order valence-electron chi connectivity index (χ1n) is 10.6. The highest BCUT2D eigenvalue weighted by atomic mass is 16.5. The molecule has 0 N–H and O–H groups in total. The van der Waals surface area contributed by atoms with Crippen LogP contribution >= 0.6 is 0 Å². The topological polar surface area (TPSA) is 75.8 Å². The molecule has 0 amide bonds. The van der Waals surface area contributed by atoms with Gasteiger partial charge in [0.2, 0.25) is 0 Å². The fourth-order valence-corrected chi connectivity index (χ4v) is 4.35. The van der Waals surface area contributed by atoms with E-state index < -0.39 is 0 Å². The first kappa shape index (κ1) is 21.1. The fourth-order valence-electron chi connectivity index (χ4n) is 4.35. The van der Waals surface area contributed by atoms with Crippen LogP contribution in [0.4, 0.5) is 5.69 Å². The number of carbonyl (C=O) groups excluding carboxylic acids is 1. The first-order valence-corrected chi connectivity index (χ1v) is 10.6. The van der Waals surface area contributed by atoms with Crippen LogP contribution in [0.5, 0.6) is 0 Å². The van der Waals surface area contributed by atoms with Crippen molar-refractivity contribution in [1.82, 2.24) is 10.1 Å². The molecule has 3 aromatic rings. The van der Waals surface area contributed by atoms with Gasteiger partial charge in [-0.05, 0) is 77.9 Å². The molecule has 2 aromatic carbocycles. The van der Waals surface area contributed by atoms with Crippen LogP contribution in [0.1, 0.15) is 46.6 Å². The van der Waals surface area contributed by atoms with Gasteiger partial charge in [0, 0.05) is 13.1 Å². The summed E-state index contributed by atoms with van der Waals surface area (Å²) in [6.45, 7) is 8.18. The Kier molecular flexibility index (Phi) is 5.83. The van der Waals surface area contributed by atoms with Crippen LogP contribution < -0.4 is 0 Å². The van der Waals surface area contributed by atoms with E-state index in [9.17, 15) is 9.70 Å². The molecular formula is C25H27N3O3. The molecule has 1 aliphatic rings. The summed E-state index contributed by atoms with van der Waals surface area (Å²) >= 11 is 0. The molecule has 4 rings (SSSR count). The van der Waals surface area contributed by atoms with Crippen molar-refractivity contribution in [3.05, 3.63) is 63.2 Å². The van der Waals surface area contributed by atoms with Crippen LogP contribution in [0, 0.1) is 17.7 Å². The minimum Gasteiger partial charge on any atom is -0.355 e. The lowest BCUT2D eigenvalue weighted by Gasteiger charge is -2.25. The van der Waals surface area contributed by atoms with Crippen molar-refractivity contribution in [3.63, 3.8) is 0 Å². The second-order valence-electron chi connectivity index (χ2n) is 8.85. The van der Waals surface area contributed by atoms with Crippen molar-refractivity contribution in [2.45, 2.75) is 40.2 Å². The van der Waals surface area contributed by atoms with Crippen molar-refractivity contribution in [3.8, 4) is 22.5 Å². The number of carbonyl (C=O) groups is 1. The Morgan fingerprint density at radius 3 is 2.74 bits per heavy atom. The maximum absolute atomic E-state index is 11.8. The van der Waals surface area contributed by atoms with E-state index >= 15 is 0 Å². The summed E-state index contributed by atoms with van der Waals surface area (Å²) in [6.07, 6.45) is 2.52. The van der Waals surface area contributed by atoms with Crippen LogP contribution in [0.2, 0.25) is 0 Å². The number of aldehydes is 1. The third kappa shape index (κ3) is 4.08. The number of likely N-dealkylation sites (N-methyl/N-ethyl adjacent to an activating group) is 1. The third-order valence-corrected chi connectivity index (χ3v) is 5.95. The van der Waals surface area contributed by atoms with Gasteiger partial charge in [-0.3, -0.25) is 4.79 Å². The van der Waals surface area contributed by atoms with Gasteiger partial charge in [-0.2, -0.15) is 0 Å². The van der Waals surface area contributed by atoms with Crippen LogP contribution in [-0.4, -0.2) is 29.9 Å². The fraction of sp³-hybridized carbons (Fsp3) is 0.360. The largest absolute Gasteiger partial charge is 0.355 e. The van der Waals surface area contributed by atoms with Crippen LogP contribution in [0.25, 0.3) is 22.5 Å². The SMILES string of the molecule is Cc1cc(N=O)c(-c2onc(C=O)c2-c2ccc3c(c2)CCN(C)C3)cc1CC(C)C. The van der Waals surface area contributed by atoms with Crippen molar-refractivity contribution in [1.29, 1.82) is 0 Å². The second kappa shape index (κ2) is 8.55. The van der Waals surface area contributed by atoms with Gasteiger partial charge in [-0.15, -0.1) is 4.91 Å². The molecule has 1 aromatic heterocycles. The molecule has 1 aliphatic heterocycles. The quantitative estimate of drug-likeness (QED) is 0.379. The molecule has 160 valence electrons. The third-order valence-electron chi connectivity index (χ3n) is 5.95. The number of nitrogens with zero attached hydrogens (tertiary/aromatic N) is 3. The van der Waals surface area contributed by atoms with Crippen LogP contribution in [0.3, 0.4) is 0 Å². The Labute approximate surface area is 182 Å². The standard InChI is InChI=1S/C25H27N3O3/c1-15(2)9-20-12-21(22(26-30)10-16(20)3)25-24(23(14-29)27-31-25)18-5-6-19-13-28(4)8-7-17(19)11-18/h5-6,10-12,14-15H,7-9,13H2,1-4H3. The lowest BCUT2D eigenvalue weighted by atomic mass is 9.90. The number of hydrogen-bond donors (Lipinski definition) is 0. The predicted octanol–water partition coefficient (Wildman–Crippen LogP) is 5.71. The van der Waals surface area contributed by atoms with Gasteiger partial charge in [-0.1, -0.05) is 37.2 Å². The number of fused-ring (bicyclic) bond motifs is 1. The summed E-state index contributed by atoms with van der Waals surface area (Å²) in [6, 6.07) is 9.96. The Hall–Kier alpha value is -3.12. The smallest absolute Gasteiger partial charge is 0.177 e. The molecule has 31 heavy (non-hydrogen) atoms. The lowest BCUT2D eigenvalue weighted by molar-refractivity contribution is 0.111. The molecule has 6 nitrogen and oxygen atoms in total. The molecule has 0 radical (unpaired) electrons. The monoisotopic (exact) mass is 417 g/mol. The van der Waals surface area contributed by atoms with Crippen molar-refractivity contribution in [2.24, 2.45) is 11.1 Å². The minimum atomic E-state index is 0.228. The molecule has 0 unspecified atom stereocenters. The van der Waals surface area contributed by atoms with Gasteiger partial charge >= 0.3 is 0 Å². The number of hydrogen-bond acceptors (Lipinski definition) is 6. The van der Waals surface area contributed by atoms with E-state index in [4.69, 9.17) is 4.52 Å². The number of rotatable bonds is 6. The normalized spacial score (nSPS) is 14.0. The van der Waals surface area contributed by atoms with Gasteiger partial charge in [0.05, 0.1) is 11.1 Å². The minimum absolute atomic E-state index is 0.228. The van der Waals surface area contributed by atoms with Gasteiger partial charge in [0.25, 0.3) is 0 Å². The van der Waals surface area contributed by atoms with Gasteiger partial charge in [0.15, 0.2) is 17.7 Å². The Balaban J connectivity index is 1.88. The summed E-state index contributed by atoms with van der Waals surface area (Å²) in [7, 11) is 2.11. The van der Waals surface area contributed by atoms with Crippen LogP contribution in [0.15, 0.2) is 40.0 Å². The molecule has 0 bridgehead atoms. The molecule has 2 heterocycles. The van der Waals surface area contributed by atoms with Gasteiger partial charge in [-0.25, -0.2) is 0 Å². The van der Waals surface area contributed by atoms with Gasteiger partial charge < -0.3 is 9.42 Å². The maximum Gasteiger partial charge on any atom is 0.177 e. The molecule has 0 fully saturated rings. The molecule has 6 heteroatoms. The van der Waals surface area contributed by atoms with Crippen molar-refractivity contribution < 1.29 is 9.32 Å². The number of aromatic nitrogens is 1. The molecule has 0 saturated heterocycles. The molecule has 0 saturated carbocycles. The molecular weight excluding hydrogens is 390 g/mol. The van der Waals surface area contributed by atoms with E-state index in [1.54, 1.807) is 6.07 Å². The zero-order valence-electron chi connectivity index (χ0n) is 18.4. The average Bonchev–Trinajstić information content (AvgIpc) is 3.18. The lowest BCUT2D eigenvalue weighted by Crippen LogP contribution is -2.26. The average molecular weight is 418 g/mol. The number of nitroso groups, excluding NO2 is 1. The zero-order valence-corrected chi connectivity index (χ0v) is 18.4. The maximum atomic E-state index is 11.8.